The van der Waals surface area contributed by atoms with Gasteiger partial charge in [0.15, 0.2) is 0 Å². The first kappa shape index (κ1) is 17.8. The molecule has 0 aromatic heterocycles. The van der Waals surface area contributed by atoms with Crippen LogP contribution in [0.2, 0.25) is 0 Å². The molecule has 0 amide bonds. The second-order valence-corrected chi connectivity index (χ2v) is 6.46. The summed E-state index contributed by atoms with van der Waals surface area (Å²) in [6.07, 6.45) is 1.70. The lowest BCUT2D eigenvalue weighted by Gasteiger charge is -2.10. The van der Waals surface area contributed by atoms with Gasteiger partial charge in [0.25, 0.3) is 0 Å². The minimum absolute atomic E-state index is 0.289. The van der Waals surface area contributed by atoms with Crippen molar-refractivity contribution in [2.75, 3.05) is 6.61 Å². The summed E-state index contributed by atoms with van der Waals surface area (Å²) in [4.78, 5) is 11.8. The Morgan fingerprint density at radius 1 is 1.17 bits per heavy atom. The van der Waals surface area contributed by atoms with Crippen LogP contribution in [0.25, 0.3) is 11.6 Å². The highest BCUT2D eigenvalue weighted by atomic mass is 16.5. The molecule has 1 N–H and O–H groups in total. The molecule has 0 heterocycles. The Morgan fingerprint density at radius 2 is 1.92 bits per heavy atom. The topological polar surface area (TPSA) is 46.5 Å². The lowest BCUT2D eigenvalue weighted by atomic mass is 9.96. The maximum Gasteiger partial charge on any atom is 0.336 e. The van der Waals surface area contributed by atoms with Crippen molar-refractivity contribution in [2.24, 2.45) is 5.92 Å². The van der Waals surface area contributed by atoms with Gasteiger partial charge in [-0.15, -0.1) is 0 Å². The van der Waals surface area contributed by atoms with Crippen LogP contribution in [0.3, 0.4) is 0 Å². The molecule has 0 aliphatic heterocycles. The second-order valence-electron chi connectivity index (χ2n) is 6.46. The van der Waals surface area contributed by atoms with Gasteiger partial charge in [-0.05, 0) is 54.7 Å². The van der Waals surface area contributed by atoms with E-state index in [-0.39, 0.29) is 5.57 Å². The lowest BCUT2D eigenvalue weighted by Crippen LogP contribution is -2.04. The van der Waals surface area contributed by atoms with Gasteiger partial charge >= 0.3 is 5.97 Å². The minimum Gasteiger partial charge on any atom is -0.493 e. The summed E-state index contributed by atoms with van der Waals surface area (Å²) in [6, 6.07) is 13.4. The number of hydrogen-bond donors (Lipinski definition) is 1. The first-order valence-corrected chi connectivity index (χ1v) is 8.12. The number of aryl methyl sites for hydroxylation is 2. The summed E-state index contributed by atoms with van der Waals surface area (Å²) in [6.45, 7) is 8.70. The molecule has 126 valence electrons. The molecule has 0 spiro atoms. The van der Waals surface area contributed by atoms with Gasteiger partial charge in [0.1, 0.15) is 5.75 Å². The molecule has 0 aliphatic carbocycles. The van der Waals surface area contributed by atoms with Crippen LogP contribution >= 0.6 is 0 Å². The average molecular weight is 324 g/mol. The molecule has 0 aliphatic rings. The van der Waals surface area contributed by atoms with E-state index in [0.717, 1.165) is 28.0 Å². The van der Waals surface area contributed by atoms with Gasteiger partial charge in [0, 0.05) is 0 Å². The van der Waals surface area contributed by atoms with E-state index in [1.165, 1.54) is 0 Å². The number of carboxylic acid groups (broad SMARTS) is 1. The fourth-order valence-electron chi connectivity index (χ4n) is 2.40. The fourth-order valence-corrected chi connectivity index (χ4v) is 2.40. The van der Waals surface area contributed by atoms with Crippen molar-refractivity contribution < 1.29 is 14.6 Å². The predicted octanol–water partition coefficient (Wildman–Crippen LogP) is 4.96. The highest BCUT2D eigenvalue weighted by Crippen LogP contribution is 2.25. The summed E-state index contributed by atoms with van der Waals surface area (Å²) < 4.78 is 5.72. The molecule has 2 aromatic carbocycles. The molecule has 0 bridgehead atoms. The highest BCUT2D eigenvalue weighted by molar-refractivity contribution is 6.21. The highest BCUT2D eigenvalue weighted by Gasteiger charge is 2.13. The molecule has 3 heteroatoms. The number of carbonyl (C=O) groups is 1. The number of ether oxygens (including phenoxy) is 1. The van der Waals surface area contributed by atoms with E-state index >= 15 is 0 Å². The van der Waals surface area contributed by atoms with E-state index < -0.39 is 5.97 Å². The number of hydrogen-bond acceptors (Lipinski definition) is 2. The Morgan fingerprint density at radius 3 is 2.58 bits per heavy atom. The van der Waals surface area contributed by atoms with E-state index in [4.69, 9.17) is 4.74 Å². The van der Waals surface area contributed by atoms with Gasteiger partial charge < -0.3 is 9.84 Å². The molecule has 2 rings (SSSR count). The van der Waals surface area contributed by atoms with Gasteiger partial charge in [-0.3, -0.25) is 0 Å². The van der Waals surface area contributed by atoms with Crippen LogP contribution in [0.4, 0.5) is 0 Å². The molecule has 0 saturated heterocycles. The Hall–Kier alpha value is -2.55. The van der Waals surface area contributed by atoms with Gasteiger partial charge in [-0.25, -0.2) is 4.79 Å². The van der Waals surface area contributed by atoms with Crippen LogP contribution in [0, 0.1) is 19.8 Å². The van der Waals surface area contributed by atoms with Gasteiger partial charge in [0.2, 0.25) is 0 Å². The number of rotatable bonds is 6. The van der Waals surface area contributed by atoms with Gasteiger partial charge in [0.05, 0.1) is 12.2 Å². The standard InChI is InChI=1S/C21H24O3/c1-14(2)13-24-18-7-5-6-17(11-18)12-20(21(22)23)19-10-15(3)8-9-16(19)4/h5-12,14H,13H2,1-4H3,(H,22,23)/b20-12-. The summed E-state index contributed by atoms with van der Waals surface area (Å²) >= 11 is 0. The quantitative estimate of drug-likeness (QED) is 0.603. The summed E-state index contributed by atoms with van der Waals surface area (Å²) in [5.74, 6) is 0.258. The first-order chi connectivity index (χ1) is 11.4. The van der Waals surface area contributed by atoms with Crippen LogP contribution in [0.1, 0.15) is 36.1 Å². The van der Waals surface area contributed by atoms with Crippen molar-refractivity contribution >= 4 is 17.6 Å². The van der Waals surface area contributed by atoms with Crippen molar-refractivity contribution in [3.63, 3.8) is 0 Å². The SMILES string of the molecule is Cc1ccc(C)c(/C(=C/c2cccc(OCC(C)C)c2)C(=O)O)c1. The summed E-state index contributed by atoms with van der Waals surface area (Å²) in [5, 5.41) is 9.65. The van der Waals surface area contributed by atoms with Crippen LogP contribution < -0.4 is 4.74 Å². The van der Waals surface area contributed by atoms with E-state index in [2.05, 4.69) is 13.8 Å². The van der Waals surface area contributed by atoms with Crippen molar-refractivity contribution in [3.8, 4) is 5.75 Å². The van der Waals surface area contributed by atoms with Crippen molar-refractivity contribution in [3.05, 3.63) is 64.7 Å². The van der Waals surface area contributed by atoms with Gasteiger partial charge in [-0.2, -0.15) is 0 Å². The molecule has 2 aromatic rings. The number of aliphatic carboxylic acids is 1. The molecule has 0 fully saturated rings. The van der Waals surface area contributed by atoms with E-state index in [1.54, 1.807) is 6.08 Å². The van der Waals surface area contributed by atoms with Crippen molar-refractivity contribution in [1.29, 1.82) is 0 Å². The Balaban J connectivity index is 2.40. The summed E-state index contributed by atoms with van der Waals surface area (Å²) in [5.41, 5.74) is 3.83. The zero-order chi connectivity index (χ0) is 17.7. The first-order valence-electron chi connectivity index (χ1n) is 8.12. The lowest BCUT2D eigenvalue weighted by molar-refractivity contribution is -0.130. The normalized spacial score (nSPS) is 11.6. The number of benzene rings is 2. The monoisotopic (exact) mass is 324 g/mol. The smallest absolute Gasteiger partial charge is 0.336 e. The van der Waals surface area contributed by atoms with E-state index in [9.17, 15) is 9.90 Å². The molecule has 0 atom stereocenters. The Kier molecular flexibility index (Phi) is 5.80. The van der Waals surface area contributed by atoms with Crippen LogP contribution in [0.5, 0.6) is 5.75 Å². The molecular formula is C21H24O3. The molecule has 24 heavy (non-hydrogen) atoms. The van der Waals surface area contributed by atoms with Crippen molar-refractivity contribution in [1.82, 2.24) is 0 Å². The average Bonchev–Trinajstić information content (AvgIpc) is 2.53. The third-order valence-corrected chi connectivity index (χ3v) is 3.67. The van der Waals surface area contributed by atoms with E-state index in [1.807, 2.05) is 56.3 Å². The fraction of sp³-hybridized carbons (Fsp3) is 0.286. The van der Waals surface area contributed by atoms with Crippen LogP contribution in [-0.2, 0) is 4.79 Å². The Bertz CT molecular complexity index is 757. The third-order valence-electron chi connectivity index (χ3n) is 3.67. The third kappa shape index (κ3) is 4.72. The zero-order valence-electron chi connectivity index (χ0n) is 14.7. The molecule has 0 saturated carbocycles. The Labute approximate surface area is 143 Å². The maximum atomic E-state index is 11.8. The summed E-state index contributed by atoms with van der Waals surface area (Å²) in [7, 11) is 0. The minimum atomic E-state index is -0.933. The zero-order valence-corrected chi connectivity index (χ0v) is 14.7. The molecule has 0 unspecified atom stereocenters. The molecule has 0 radical (unpaired) electrons. The largest absolute Gasteiger partial charge is 0.493 e. The van der Waals surface area contributed by atoms with Crippen LogP contribution in [-0.4, -0.2) is 17.7 Å². The maximum absolute atomic E-state index is 11.8. The second kappa shape index (κ2) is 7.82. The van der Waals surface area contributed by atoms with Crippen LogP contribution in [0.15, 0.2) is 42.5 Å². The molecule has 3 nitrogen and oxygen atoms in total. The predicted molar refractivity (Wildman–Crippen MR) is 98.2 cm³/mol. The number of carboxylic acids is 1. The molecular weight excluding hydrogens is 300 g/mol. The van der Waals surface area contributed by atoms with E-state index in [0.29, 0.717) is 12.5 Å². The van der Waals surface area contributed by atoms with Gasteiger partial charge in [-0.1, -0.05) is 49.7 Å². The van der Waals surface area contributed by atoms with Crippen molar-refractivity contribution in [2.45, 2.75) is 27.7 Å².